The number of ether oxygens (including phenoxy) is 1. The Bertz CT molecular complexity index is 599. The Balaban J connectivity index is 1.95. The number of methoxy groups -OCH3 is 1. The Hall–Kier alpha value is -2.34. The first-order chi connectivity index (χ1) is 11.8. The number of anilines is 4. The Morgan fingerprint density at radius 2 is 1.83 bits per heavy atom. The summed E-state index contributed by atoms with van der Waals surface area (Å²) in [5.74, 6) is 1.39. The summed E-state index contributed by atoms with van der Waals surface area (Å²) in [5, 5.41) is 6.51. The van der Waals surface area contributed by atoms with Crippen molar-refractivity contribution in [2.45, 2.75) is 20.3 Å². The maximum atomic E-state index is 5.04. The minimum atomic E-state index is 0.585. The van der Waals surface area contributed by atoms with Gasteiger partial charge >= 0.3 is 0 Å². The van der Waals surface area contributed by atoms with E-state index < -0.39 is 0 Å². The summed E-state index contributed by atoms with van der Waals surface area (Å²) in [5.41, 5.74) is 2.20. The second kappa shape index (κ2) is 9.72. The van der Waals surface area contributed by atoms with Gasteiger partial charge in [-0.15, -0.1) is 0 Å². The summed E-state index contributed by atoms with van der Waals surface area (Å²) in [6.45, 7) is 7.89. The normalized spacial score (nSPS) is 10.5. The predicted octanol–water partition coefficient (Wildman–Crippen LogP) is 3.51. The Morgan fingerprint density at radius 1 is 1.08 bits per heavy atom. The molecule has 6 nitrogen and oxygen atoms in total. The average molecular weight is 329 g/mol. The van der Waals surface area contributed by atoms with Gasteiger partial charge in [0.25, 0.3) is 0 Å². The van der Waals surface area contributed by atoms with E-state index in [0.29, 0.717) is 5.95 Å². The van der Waals surface area contributed by atoms with Crippen LogP contribution in [0.5, 0.6) is 0 Å². The lowest BCUT2D eigenvalue weighted by Gasteiger charge is -2.21. The van der Waals surface area contributed by atoms with Crippen LogP contribution in [0, 0.1) is 0 Å². The van der Waals surface area contributed by atoms with Gasteiger partial charge in [-0.05, 0) is 50.6 Å². The molecule has 0 aliphatic carbocycles. The first kappa shape index (κ1) is 18.0. The number of benzene rings is 1. The number of rotatable bonds is 10. The van der Waals surface area contributed by atoms with Crippen molar-refractivity contribution in [1.29, 1.82) is 0 Å². The molecule has 0 radical (unpaired) electrons. The van der Waals surface area contributed by atoms with Crippen LogP contribution in [0.1, 0.15) is 20.3 Å². The van der Waals surface area contributed by atoms with E-state index in [1.54, 1.807) is 13.3 Å². The molecule has 1 aromatic carbocycles. The van der Waals surface area contributed by atoms with Crippen LogP contribution in [-0.4, -0.2) is 43.3 Å². The Kier molecular flexibility index (Phi) is 7.29. The second-order valence-corrected chi connectivity index (χ2v) is 5.38. The minimum absolute atomic E-state index is 0.585. The zero-order chi connectivity index (χ0) is 17.2. The average Bonchev–Trinajstić information content (AvgIpc) is 2.62. The third kappa shape index (κ3) is 5.38. The Labute approximate surface area is 144 Å². The third-order valence-electron chi connectivity index (χ3n) is 3.74. The van der Waals surface area contributed by atoms with Crippen LogP contribution in [0.2, 0.25) is 0 Å². The molecule has 130 valence electrons. The highest BCUT2D eigenvalue weighted by Gasteiger charge is 2.03. The van der Waals surface area contributed by atoms with Gasteiger partial charge in [0.05, 0.1) is 0 Å². The standard InChI is InChI=1S/C18H27N5O/c1-4-23(5-2)16-9-7-15(8-10-16)21-18-20-13-11-17(22-18)19-12-6-14-24-3/h7-11,13H,4-6,12,14H2,1-3H3,(H2,19,20,21,22). The summed E-state index contributed by atoms with van der Waals surface area (Å²) in [4.78, 5) is 11.1. The fraction of sp³-hybridized carbons (Fsp3) is 0.444. The molecule has 0 bridgehead atoms. The molecule has 0 saturated heterocycles. The van der Waals surface area contributed by atoms with Crippen molar-refractivity contribution in [2.75, 3.05) is 48.9 Å². The predicted molar refractivity (Wildman–Crippen MR) is 100 cm³/mol. The van der Waals surface area contributed by atoms with Crippen LogP contribution in [0.15, 0.2) is 36.5 Å². The van der Waals surface area contributed by atoms with E-state index in [2.05, 4.69) is 63.6 Å². The zero-order valence-corrected chi connectivity index (χ0v) is 14.7. The smallest absolute Gasteiger partial charge is 0.229 e. The monoisotopic (exact) mass is 329 g/mol. The van der Waals surface area contributed by atoms with E-state index >= 15 is 0 Å². The lowest BCUT2D eigenvalue weighted by molar-refractivity contribution is 0.198. The van der Waals surface area contributed by atoms with Crippen molar-refractivity contribution in [1.82, 2.24) is 9.97 Å². The quantitative estimate of drug-likeness (QED) is 0.650. The van der Waals surface area contributed by atoms with Crippen molar-refractivity contribution < 1.29 is 4.74 Å². The molecule has 2 aromatic rings. The topological polar surface area (TPSA) is 62.3 Å². The molecule has 1 heterocycles. The maximum absolute atomic E-state index is 5.04. The van der Waals surface area contributed by atoms with E-state index in [9.17, 15) is 0 Å². The third-order valence-corrected chi connectivity index (χ3v) is 3.74. The summed E-state index contributed by atoms with van der Waals surface area (Å²) < 4.78 is 5.04. The van der Waals surface area contributed by atoms with Gasteiger partial charge in [-0.25, -0.2) is 4.98 Å². The maximum Gasteiger partial charge on any atom is 0.229 e. The molecule has 0 fully saturated rings. The summed E-state index contributed by atoms with van der Waals surface area (Å²) in [6, 6.07) is 10.2. The highest BCUT2D eigenvalue weighted by atomic mass is 16.5. The van der Waals surface area contributed by atoms with Gasteiger partial charge in [-0.2, -0.15) is 4.98 Å². The van der Waals surface area contributed by atoms with Crippen LogP contribution in [0.4, 0.5) is 23.1 Å². The first-order valence-corrected chi connectivity index (χ1v) is 8.44. The van der Waals surface area contributed by atoms with Gasteiger partial charge in [-0.3, -0.25) is 0 Å². The minimum Gasteiger partial charge on any atom is -0.385 e. The zero-order valence-electron chi connectivity index (χ0n) is 14.7. The molecule has 1 aromatic heterocycles. The van der Waals surface area contributed by atoms with Crippen LogP contribution >= 0.6 is 0 Å². The largest absolute Gasteiger partial charge is 0.385 e. The fourth-order valence-corrected chi connectivity index (χ4v) is 2.42. The van der Waals surface area contributed by atoms with E-state index in [0.717, 1.165) is 44.2 Å². The summed E-state index contributed by atoms with van der Waals surface area (Å²) in [6.07, 6.45) is 2.69. The van der Waals surface area contributed by atoms with E-state index in [4.69, 9.17) is 4.74 Å². The lowest BCUT2D eigenvalue weighted by Crippen LogP contribution is -2.21. The van der Waals surface area contributed by atoms with Crippen LogP contribution < -0.4 is 15.5 Å². The molecule has 0 spiro atoms. The Morgan fingerprint density at radius 3 is 2.50 bits per heavy atom. The highest BCUT2D eigenvalue weighted by Crippen LogP contribution is 2.20. The van der Waals surface area contributed by atoms with Crippen molar-refractivity contribution >= 4 is 23.1 Å². The van der Waals surface area contributed by atoms with Gasteiger partial charge in [0.2, 0.25) is 5.95 Å². The van der Waals surface area contributed by atoms with Gasteiger partial charge < -0.3 is 20.3 Å². The van der Waals surface area contributed by atoms with E-state index in [1.165, 1.54) is 5.69 Å². The number of hydrogen-bond acceptors (Lipinski definition) is 6. The molecular weight excluding hydrogens is 302 g/mol. The van der Waals surface area contributed by atoms with Crippen molar-refractivity contribution in [3.05, 3.63) is 36.5 Å². The van der Waals surface area contributed by atoms with Crippen LogP contribution in [0.25, 0.3) is 0 Å². The van der Waals surface area contributed by atoms with Crippen LogP contribution in [-0.2, 0) is 4.74 Å². The molecule has 0 atom stereocenters. The molecule has 0 amide bonds. The lowest BCUT2D eigenvalue weighted by atomic mass is 10.2. The fourth-order valence-electron chi connectivity index (χ4n) is 2.42. The molecule has 24 heavy (non-hydrogen) atoms. The van der Waals surface area contributed by atoms with Gasteiger partial charge in [0.1, 0.15) is 5.82 Å². The molecule has 0 unspecified atom stereocenters. The number of hydrogen-bond donors (Lipinski definition) is 2. The molecular formula is C18H27N5O. The van der Waals surface area contributed by atoms with Gasteiger partial charge in [0, 0.05) is 50.9 Å². The number of nitrogens with one attached hydrogen (secondary N) is 2. The highest BCUT2D eigenvalue weighted by molar-refractivity contribution is 5.59. The summed E-state index contributed by atoms with van der Waals surface area (Å²) >= 11 is 0. The molecule has 0 aliphatic heterocycles. The molecule has 0 aliphatic rings. The number of aromatic nitrogens is 2. The van der Waals surface area contributed by atoms with Gasteiger partial charge in [0.15, 0.2) is 0 Å². The number of nitrogens with zero attached hydrogens (tertiary/aromatic N) is 3. The first-order valence-electron chi connectivity index (χ1n) is 8.44. The molecule has 2 N–H and O–H groups in total. The summed E-state index contributed by atoms with van der Waals surface area (Å²) in [7, 11) is 1.71. The van der Waals surface area contributed by atoms with Crippen molar-refractivity contribution in [3.63, 3.8) is 0 Å². The van der Waals surface area contributed by atoms with E-state index in [1.807, 2.05) is 6.07 Å². The molecule has 2 rings (SSSR count). The van der Waals surface area contributed by atoms with Crippen molar-refractivity contribution in [2.24, 2.45) is 0 Å². The van der Waals surface area contributed by atoms with Gasteiger partial charge in [-0.1, -0.05) is 0 Å². The second-order valence-electron chi connectivity index (χ2n) is 5.38. The molecule has 0 saturated carbocycles. The van der Waals surface area contributed by atoms with Crippen molar-refractivity contribution in [3.8, 4) is 0 Å². The molecule has 6 heteroatoms. The van der Waals surface area contributed by atoms with Crippen LogP contribution in [0.3, 0.4) is 0 Å². The van der Waals surface area contributed by atoms with E-state index in [-0.39, 0.29) is 0 Å². The SMILES string of the molecule is CCN(CC)c1ccc(Nc2nccc(NCCCOC)n2)cc1.